The van der Waals surface area contributed by atoms with Gasteiger partial charge in [-0.15, -0.1) is 0 Å². The van der Waals surface area contributed by atoms with E-state index in [0.29, 0.717) is 12.1 Å². The monoisotopic (exact) mass is 414 g/mol. The third-order valence-electron chi connectivity index (χ3n) is 4.00. The Balaban J connectivity index is 1.95. The summed E-state index contributed by atoms with van der Waals surface area (Å²) in [6.45, 7) is 1.26. The number of esters is 1. The van der Waals surface area contributed by atoms with Gasteiger partial charge in [-0.1, -0.05) is 0 Å². The van der Waals surface area contributed by atoms with Crippen molar-refractivity contribution >= 4 is 23.6 Å². The molecular weight excluding hydrogens is 400 g/mol. The number of hydrogen-bond donors (Lipinski definition) is 2. The maximum atomic E-state index is 13.6. The Kier molecular flexibility index (Phi) is 5.27. The van der Waals surface area contributed by atoms with Crippen LogP contribution in [0.3, 0.4) is 0 Å². The van der Waals surface area contributed by atoms with Crippen molar-refractivity contribution in [2.45, 2.75) is 26.2 Å². The maximum Gasteiger partial charge on any atom is 0.416 e. The first-order valence-corrected chi connectivity index (χ1v) is 8.32. The Hall–Kier alpha value is -3.44. The van der Waals surface area contributed by atoms with Crippen molar-refractivity contribution < 1.29 is 36.7 Å². The molecule has 0 saturated heterocycles. The summed E-state index contributed by atoms with van der Waals surface area (Å²) >= 11 is 0. The second-order valence-corrected chi connectivity index (χ2v) is 5.99. The van der Waals surface area contributed by atoms with Crippen molar-refractivity contribution in [2.24, 2.45) is 0 Å². The van der Waals surface area contributed by atoms with Crippen LogP contribution >= 0.6 is 0 Å². The van der Waals surface area contributed by atoms with Gasteiger partial charge in [-0.25, -0.2) is 14.2 Å². The number of imidazole rings is 1. The average molecular weight is 414 g/mol. The van der Waals surface area contributed by atoms with E-state index in [-0.39, 0.29) is 43.1 Å². The second-order valence-electron chi connectivity index (χ2n) is 5.99. The molecule has 1 aliphatic rings. The highest BCUT2D eigenvalue weighted by atomic mass is 19.4. The number of carbonyl (C=O) groups excluding carboxylic acids is 3. The van der Waals surface area contributed by atoms with Crippen LogP contribution in [-0.2, 0) is 28.8 Å². The molecule has 29 heavy (non-hydrogen) atoms. The largest absolute Gasteiger partial charge is 0.460 e. The first-order chi connectivity index (χ1) is 13.6. The maximum absolute atomic E-state index is 13.6. The number of halogens is 4. The smallest absolute Gasteiger partial charge is 0.416 e. The predicted molar refractivity (Wildman–Crippen MR) is 89.4 cm³/mol. The molecule has 0 radical (unpaired) electrons. The fourth-order valence-electron chi connectivity index (χ4n) is 2.73. The Bertz CT molecular complexity index is 1000. The lowest BCUT2D eigenvalue weighted by molar-refractivity contribution is -0.137. The highest BCUT2D eigenvalue weighted by Gasteiger charge is 2.33. The molecule has 2 N–H and O–H groups in total. The summed E-state index contributed by atoms with van der Waals surface area (Å²) < 4.78 is 58.2. The van der Waals surface area contributed by atoms with Crippen LogP contribution in [0.15, 0.2) is 18.2 Å². The van der Waals surface area contributed by atoms with Crippen LogP contribution in [0.2, 0.25) is 0 Å². The number of aromatic nitrogens is 2. The molecule has 8 nitrogen and oxygen atoms in total. The highest BCUT2D eigenvalue weighted by molar-refractivity contribution is 6.04. The molecule has 2 amide bonds. The van der Waals surface area contributed by atoms with Crippen LogP contribution in [0.25, 0.3) is 0 Å². The third kappa shape index (κ3) is 4.20. The van der Waals surface area contributed by atoms with E-state index < -0.39 is 40.9 Å². The molecule has 0 atom stereocenters. The first-order valence-electron chi connectivity index (χ1n) is 8.32. The normalized spacial score (nSPS) is 13.5. The van der Waals surface area contributed by atoms with E-state index in [1.54, 1.807) is 6.92 Å². The fraction of sp³-hybridized carbons (Fsp3) is 0.294. The number of nitrogens with one attached hydrogen (secondary N) is 2. The summed E-state index contributed by atoms with van der Waals surface area (Å²) in [6.07, 6.45) is -4.84. The molecule has 12 heteroatoms. The van der Waals surface area contributed by atoms with Crippen molar-refractivity contribution in [3.05, 3.63) is 46.7 Å². The van der Waals surface area contributed by atoms with Gasteiger partial charge >= 0.3 is 12.1 Å². The number of rotatable bonds is 4. The topological polar surface area (TPSA) is 102 Å². The van der Waals surface area contributed by atoms with Gasteiger partial charge in [0.15, 0.2) is 5.82 Å². The average Bonchev–Trinajstić information content (AvgIpc) is 2.98. The van der Waals surface area contributed by atoms with E-state index in [2.05, 4.69) is 15.6 Å². The Morgan fingerprint density at radius 3 is 2.69 bits per heavy atom. The summed E-state index contributed by atoms with van der Waals surface area (Å²) in [5.41, 5.74) is -1.67. The zero-order valence-electron chi connectivity index (χ0n) is 14.9. The van der Waals surface area contributed by atoms with E-state index in [9.17, 15) is 31.9 Å². The van der Waals surface area contributed by atoms with Crippen LogP contribution in [-0.4, -0.2) is 33.9 Å². The van der Waals surface area contributed by atoms with Crippen molar-refractivity contribution in [1.29, 1.82) is 0 Å². The zero-order valence-corrected chi connectivity index (χ0v) is 14.9. The lowest BCUT2D eigenvalue weighted by Crippen LogP contribution is -2.35. The molecule has 0 fully saturated rings. The van der Waals surface area contributed by atoms with Crippen molar-refractivity contribution in [2.75, 3.05) is 11.9 Å². The van der Waals surface area contributed by atoms with E-state index in [1.165, 1.54) is 4.57 Å². The third-order valence-corrected chi connectivity index (χ3v) is 4.00. The Labute approximate surface area is 160 Å². The van der Waals surface area contributed by atoms with E-state index in [1.807, 2.05) is 0 Å². The van der Waals surface area contributed by atoms with Gasteiger partial charge in [0.25, 0.3) is 5.91 Å². The number of benzene rings is 1. The van der Waals surface area contributed by atoms with Gasteiger partial charge < -0.3 is 19.9 Å². The van der Waals surface area contributed by atoms with Gasteiger partial charge in [0.1, 0.15) is 12.4 Å². The van der Waals surface area contributed by atoms with E-state index in [4.69, 9.17) is 4.74 Å². The van der Waals surface area contributed by atoms with Gasteiger partial charge in [-0.05, 0) is 25.1 Å². The number of fused-ring (bicyclic) bond motifs is 1. The fourth-order valence-corrected chi connectivity index (χ4v) is 2.73. The van der Waals surface area contributed by atoms with Gasteiger partial charge in [-0.2, -0.15) is 13.2 Å². The summed E-state index contributed by atoms with van der Waals surface area (Å²) in [5.74, 6) is -3.95. The number of alkyl halides is 3. The zero-order chi connectivity index (χ0) is 21.3. The standard InChI is InChI=1S/C17H14F4N4O4/c1-2-29-16(28)14-23-13(11-6-22-12(26)7-25(11)14)24-15(27)8-3-9(17(19,20)21)5-10(18)4-8/h3-5H,2,6-7H2,1H3,(H,22,26)(H,24,27). The highest BCUT2D eigenvalue weighted by Crippen LogP contribution is 2.31. The Morgan fingerprint density at radius 2 is 2.03 bits per heavy atom. The number of carbonyl (C=O) groups is 3. The van der Waals surface area contributed by atoms with E-state index in [0.717, 1.165) is 0 Å². The molecule has 2 aromatic rings. The number of hydrogen-bond acceptors (Lipinski definition) is 5. The molecule has 0 saturated carbocycles. The van der Waals surface area contributed by atoms with Crippen LogP contribution in [0.5, 0.6) is 0 Å². The van der Waals surface area contributed by atoms with Gasteiger partial charge in [0.05, 0.1) is 24.4 Å². The molecule has 0 bridgehead atoms. The lowest BCUT2D eigenvalue weighted by atomic mass is 10.1. The second kappa shape index (κ2) is 7.53. The molecule has 1 aromatic heterocycles. The SMILES string of the molecule is CCOC(=O)c1nc(NC(=O)c2cc(F)cc(C(F)(F)F)c2)c2n1CC(=O)NC2. The lowest BCUT2D eigenvalue weighted by Gasteiger charge is -2.17. The number of nitrogens with zero attached hydrogens (tertiary/aromatic N) is 2. The minimum atomic E-state index is -4.84. The molecule has 1 aromatic carbocycles. The van der Waals surface area contributed by atoms with Gasteiger partial charge in [-0.3, -0.25) is 9.59 Å². The molecule has 0 unspecified atom stereocenters. The molecular formula is C17H14F4N4O4. The number of anilines is 1. The van der Waals surface area contributed by atoms with Crippen LogP contribution < -0.4 is 10.6 Å². The molecule has 0 spiro atoms. The van der Waals surface area contributed by atoms with Crippen molar-refractivity contribution in [3.63, 3.8) is 0 Å². The van der Waals surface area contributed by atoms with E-state index >= 15 is 0 Å². The first kappa shape index (κ1) is 20.3. The van der Waals surface area contributed by atoms with Crippen molar-refractivity contribution in [3.8, 4) is 0 Å². The number of ether oxygens (including phenoxy) is 1. The van der Waals surface area contributed by atoms with Crippen LogP contribution in [0, 0.1) is 5.82 Å². The van der Waals surface area contributed by atoms with Gasteiger partial charge in [0, 0.05) is 5.56 Å². The van der Waals surface area contributed by atoms with Crippen LogP contribution in [0.4, 0.5) is 23.4 Å². The molecule has 0 aliphatic carbocycles. The summed E-state index contributed by atoms with van der Waals surface area (Å²) in [5, 5.41) is 4.76. The predicted octanol–water partition coefficient (Wildman–Crippen LogP) is 2.10. The molecule has 154 valence electrons. The van der Waals surface area contributed by atoms with Crippen LogP contribution in [0.1, 0.15) is 39.2 Å². The number of amides is 2. The quantitative estimate of drug-likeness (QED) is 0.589. The summed E-state index contributed by atoms with van der Waals surface area (Å²) in [4.78, 5) is 40.1. The molecule has 2 heterocycles. The molecule has 1 aliphatic heterocycles. The summed E-state index contributed by atoms with van der Waals surface area (Å²) in [6, 6.07) is 1.40. The molecule has 3 rings (SSSR count). The minimum Gasteiger partial charge on any atom is -0.460 e. The minimum absolute atomic E-state index is 0.0401. The summed E-state index contributed by atoms with van der Waals surface area (Å²) in [7, 11) is 0. The van der Waals surface area contributed by atoms with Crippen molar-refractivity contribution in [1.82, 2.24) is 14.9 Å². The van der Waals surface area contributed by atoms with Gasteiger partial charge in [0.2, 0.25) is 11.7 Å². The Morgan fingerprint density at radius 1 is 1.31 bits per heavy atom.